The van der Waals surface area contributed by atoms with Gasteiger partial charge in [0, 0.05) is 26.6 Å². The van der Waals surface area contributed by atoms with E-state index in [-0.39, 0.29) is 18.4 Å². The fourth-order valence-corrected chi connectivity index (χ4v) is 3.89. The van der Waals surface area contributed by atoms with Crippen molar-refractivity contribution in [2.24, 2.45) is 0 Å². The lowest BCUT2D eigenvalue weighted by Crippen LogP contribution is -2.70. The van der Waals surface area contributed by atoms with E-state index in [1.807, 2.05) is 36.4 Å². The van der Waals surface area contributed by atoms with Crippen LogP contribution in [0.2, 0.25) is 0 Å². The largest absolute Gasteiger partial charge is 0.415 e. The second-order valence-corrected chi connectivity index (χ2v) is 7.33. The number of amides is 3. The fourth-order valence-electron chi connectivity index (χ4n) is 3.89. The summed E-state index contributed by atoms with van der Waals surface area (Å²) in [6.45, 7) is 0.792. The van der Waals surface area contributed by atoms with Crippen LogP contribution in [0.15, 0.2) is 60.7 Å². The van der Waals surface area contributed by atoms with Gasteiger partial charge in [0.2, 0.25) is 11.8 Å². The van der Waals surface area contributed by atoms with Gasteiger partial charge in [0.15, 0.2) is 0 Å². The van der Waals surface area contributed by atoms with Crippen molar-refractivity contribution >= 4 is 17.9 Å². The molecule has 0 radical (unpaired) electrons. The van der Waals surface area contributed by atoms with Crippen LogP contribution in [0.25, 0.3) is 0 Å². The maximum atomic E-state index is 13.1. The summed E-state index contributed by atoms with van der Waals surface area (Å²) in [5, 5.41) is 0. The molecule has 0 aromatic heterocycles. The first-order valence-corrected chi connectivity index (χ1v) is 9.67. The predicted octanol–water partition coefficient (Wildman–Crippen LogP) is 1.78. The van der Waals surface area contributed by atoms with Crippen LogP contribution in [-0.4, -0.2) is 71.4 Å². The highest BCUT2D eigenvalue weighted by atomic mass is 16.6. The zero-order valence-corrected chi connectivity index (χ0v) is 16.2. The summed E-state index contributed by atoms with van der Waals surface area (Å²) < 4.78 is 5.38. The van der Waals surface area contributed by atoms with Gasteiger partial charge in [-0.3, -0.25) is 9.59 Å². The highest BCUT2D eigenvalue weighted by molar-refractivity contribution is 5.97. The summed E-state index contributed by atoms with van der Waals surface area (Å²) in [6, 6.07) is 17.3. The number of para-hydroxylation sites is 1. The molecule has 0 N–H and O–H groups in total. The van der Waals surface area contributed by atoms with Crippen molar-refractivity contribution in [1.29, 1.82) is 0 Å². The molecule has 0 aliphatic carbocycles. The molecule has 0 spiro atoms. The van der Waals surface area contributed by atoms with Gasteiger partial charge in [0.25, 0.3) is 0 Å². The molecular weight excluding hydrogens is 370 g/mol. The summed E-state index contributed by atoms with van der Waals surface area (Å²) in [5.41, 5.74) is 1.01. The molecule has 2 fully saturated rings. The van der Waals surface area contributed by atoms with Crippen molar-refractivity contribution in [2.45, 2.75) is 18.5 Å². The van der Waals surface area contributed by atoms with Crippen molar-refractivity contribution in [3.63, 3.8) is 0 Å². The number of hydrogen-bond donors (Lipinski definition) is 0. The molecule has 4 rings (SSSR count). The Morgan fingerprint density at radius 2 is 1.62 bits per heavy atom. The predicted molar refractivity (Wildman–Crippen MR) is 106 cm³/mol. The normalized spacial score (nSPS) is 21.8. The van der Waals surface area contributed by atoms with Crippen LogP contribution in [0.5, 0.6) is 5.75 Å². The molecule has 2 aliphatic rings. The molecule has 0 unspecified atom stereocenters. The van der Waals surface area contributed by atoms with Gasteiger partial charge in [-0.05, 0) is 17.7 Å². The number of rotatable bonds is 3. The van der Waals surface area contributed by atoms with Crippen LogP contribution in [0.3, 0.4) is 0 Å². The van der Waals surface area contributed by atoms with Crippen molar-refractivity contribution in [3.05, 3.63) is 66.2 Å². The number of carbonyl (C=O) groups excluding carboxylic acids is 3. The third kappa shape index (κ3) is 3.81. The number of ether oxygens (including phenoxy) is 1. The van der Waals surface area contributed by atoms with Gasteiger partial charge in [-0.25, -0.2) is 4.79 Å². The lowest BCUT2D eigenvalue weighted by atomic mass is 9.97. The maximum Gasteiger partial charge on any atom is 0.415 e. The molecule has 150 valence electrons. The van der Waals surface area contributed by atoms with Gasteiger partial charge in [-0.1, -0.05) is 48.5 Å². The third-order valence-electron chi connectivity index (χ3n) is 5.53. The molecule has 2 saturated heterocycles. The number of hydrogen-bond acceptors (Lipinski definition) is 4. The minimum absolute atomic E-state index is 0.0722. The van der Waals surface area contributed by atoms with E-state index >= 15 is 0 Å². The molecule has 3 amide bonds. The molecule has 2 heterocycles. The SMILES string of the molecule is CN1C(=O)[C@H]2CN(C(=O)Oc3ccccc3)CCN2C(=O)[C@@H]1Cc1ccccc1. The Bertz CT molecular complexity index is 903. The second kappa shape index (κ2) is 7.95. The van der Waals surface area contributed by atoms with Gasteiger partial charge in [-0.2, -0.15) is 0 Å². The van der Waals surface area contributed by atoms with E-state index in [1.165, 1.54) is 9.80 Å². The summed E-state index contributed by atoms with van der Waals surface area (Å²) in [7, 11) is 1.66. The standard InChI is InChI=1S/C22H23N3O4/c1-23-18(14-16-8-4-2-5-9-16)21(27)25-13-12-24(15-19(25)20(23)26)22(28)29-17-10-6-3-7-11-17/h2-11,18-19H,12-15H2,1H3/t18-,19+/m0/s1. The van der Waals surface area contributed by atoms with Gasteiger partial charge in [0.05, 0.1) is 6.54 Å². The lowest BCUT2D eigenvalue weighted by Gasteiger charge is -2.48. The molecular formula is C22H23N3O4. The Labute approximate surface area is 169 Å². The van der Waals surface area contributed by atoms with Crippen LogP contribution >= 0.6 is 0 Å². The molecule has 7 nitrogen and oxygen atoms in total. The van der Waals surface area contributed by atoms with E-state index in [2.05, 4.69) is 0 Å². The van der Waals surface area contributed by atoms with Crippen LogP contribution in [-0.2, 0) is 16.0 Å². The van der Waals surface area contributed by atoms with E-state index in [9.17, 15) is 14.4 Å². The summed E-state index contributed by atoms with van der Waals surface area (Å²) >= 11 is 0. The van der Waals surface area contributed by atoms with E-state index in [1.54, 1.807) is 36.2 Å². The van der Waals surface area contributed by atoms with Crippen molar-refractivity contribution in [1.82, 2.24) is 14.7 Å². The maximum absolute atomic E-state index is 13.1. The number of nitrogens with zero attached hydrogens (tertiary/aromatic N) is 3. The molecule has 29 heavy (non-hydrogen) atoms. The molecule has 2 atom stereocenters. The Morgan fingerprint density at radius 1 is 0.966 bits per heavy atom. The van der Waals surface area contributed by atoms with Gasteiger partial charge < -0.3 is 19.4 Å². The summed E-state index contributed by atoms with van der Waals surface area (Å²) in [6.07, 6.45) is -0.0320. The number of carbonyl (C=O) groups is 3. The molecule has 0 saturated carbocycles. The third-order valence-corrected chi connectivity index (χ3v) is 5.53. The highest BCUT2D eigenvalue weighted by Gasteiger charge is 2.47. The first-order chi connectivity index (χ1) is 14.0. The van der Waals surface area contributed by atoms with Crippen LogP contribution in [0.1, 0.15) is 5.56 Å². The Morgan fingerprint density at radius 3 is 2.31 bits per heavy atom. The minimum atomic E-state index is -0.670. The first kappa shape index (κ1) is 19.0. The van der Waals surface area contributed by atoms with Crippen LogP contribution < -0.4 is 4.74 Å². The second-order valence-electron chi connectivity index (χ2n) is 7.33. The topological polar surface area (TPSA) is 70.2 Å². The average Bonchev–Trinajstić information content (AvgIpc) is 2.76. The van der Waals surface area contributed by atoms with E-state index in [0.29, 0.717) is 25.3 Å². The van der Waals surface area contributed by atoms with Crippen molar-refractivity contribution in [2.75, 3.05) is 26.7 Å². The molecule has 2 aromatic carbocycles. The molecule has 0 bridgehead atoms. The fraction of sp³-hybridized carbons (Fsp3) is 0.318. The number of fused-ring (bicyclic) bond motifs is 1. The smallest absolute Gasteiger partial charge is 0.410 e. The van der Waals surface area contributed by atoms with Gasteiger partial charge in [-0.15, -0.1) is 0 Å². The Kier molecular flexibility index (Phi) is 5.20. The summed E-state index contributed by atoms with van der Waals surface area (Å²) in [5.74, 6) is 0.228. The first-order valence-electron chi connectivity index (χ1n) is 9.67. The van der Waals surface area contributed by atoms with Crippen LogP contribution in [0.4, 0.5) is 4.79 Å². The van der Waals surface area contributed by atoms with Gasteiger partial charge in [0.1, 0.15) is 17.8 Å². The van der Waals surface area contributed by atoms with Crippen LogP contribution in [0, 0.1) is 0 Å². The number of piperazine rings is 2. The molecule has 2 aromatic rings. The molecule has 2 aliphatic heterocycles. The molecule has 7 heteroatoms. The summed E-state index contributed by atoms with van der Waals surface area (Å²) in [4.78, 5) is 43.2. The highest BCUT2D eigenvalue weighted by Crippen LogP contribution is 2.24. The number of benzene rings is 2. The minimum Gasteiger partial charge on any atom is -0.410 e. The van der Waals surface area contributed by atoms with Crippen molar-refractivity contribution < 1.29 is 19.1 Å². The van der Waals surface area contributed by atoms with Gasteiger partial charge >= 0.3 is 6.09 Å². The zero-order valence-electron chi connectivity index (χ0n) is 16.2. The number of likely N-dealkylation sites (N-methyl/N-ethyl adjacent to an activating group) is 1. The quantitative estimate of drug-likeness (QED) is 0.797. The Balaban J connectivity index is 1.45. The zero-order chi connectivity index (χ0) is 20.4. The Hall–Kier alpha value is -3.35. The monoisotopic (exact) mass is 393 g/mol. The lowest BCUT2D eigenvalue weighted by molar-refractivity contribution is -0.163. The van der Waals surface area contributed by atoms with E-state index in [4.69, 9.17) is 4.74 Å². The van der Waals surface area contributed by atoms with E-state index in [0.717, 1.165) is 5.56 Å². The average molecular weight is 393 g/mol. The van der Waals surface area contributed by atoms with E-state index < -0.39 is 18.2 Å². The van der Waals surface area contributed by atoms with Crippen molar-refractivity contribution in [3.8, 4) is 5.75 Å².